The molecule has 0 aliphatic carbocycles. The van der Waals surface area contributed by atoms with Gasteiger partial charge in [-0.2, -0.15) is 5.10 Å². The van der Waals surface area contributed by atoms with Crippen LogP contribution in [-0.2, 0) is 4.79 Å². The number of nitrogen functional groups attached to an aromatic ring is 1. The summed E-state index contributed by atoms with van der Waals surface area (Å²) in [5, 5.41) is 4.25. The summed E-state index contributed by atoms with van der Waals surface area (Å²) < 4.78 is 1.95. The lowest BCUT2D eigenvalue weighted by Crippen LogP contribution is -2.40. The first kappa shape index (κ1) is 12.9. The number of hydrogen-bond acceptors (Lipinski definition) is 4. The normalized spacial score (nSPS) is 19.8. The van der Waals surface area contributed by atoms with Gasteiger partial charge in [0.25, 0.3) is 0 Å². The fourth-order valence-electron chi connectivity index (χ4n) is 2.40. The zero-order valence-electron chi connectivity index (χ0n) is 10.7. The third kappa shape index (κ3) is 3.01. The van der Waals surface area contributed by atoms with Crippen LogP contribution in [0.2, 0.25) is 0 Å². The van der Waals surface area contributed by atoms with Crippen LogP contribution in [0.3, 0.4) is 0 Å². The summed E-state index contributed by atoms with van der Waals surface area (Å²) in [6.45, 7) is 4.58. The third-order valence-corrected chi connectivity index (χ3v) is 3.58. The largest absolute Gasteiger partial charge is 0.382 e. The van der Waals surface area contributed by atoms with Crippen LogP contribution in [0.25, 0.3) is 0 Å². The Morgan fingerprint density at radius 1 is 1.56 bits per heavy atom. The molecule has 1 aliphatic heterocycles. The standard InChI is InChI=1S/C12H21N5O/c1-9(12(14)18)8-16-5-2-10(3-6-16)17-7-4-11(13)15-17/h4,7,9-10H,2-3,5-6,8H2,1H3,(H2,13,15)(H2,14,18). The molecule has 100 valence electrons. The Labute approximate surface area is 107 Å². The Kier molecular flexibility index (Phi) is 3.86. The lowest BCUT2D eigenvalue weighted by atomic mass is 10.0. The number of anilines is 1. The maximum Gasteiger partial charge on any atom is 0.221 e. The minimum Gasteiger partial charge on any atom is -0.382 e. The minimum atomic E-state index is -0.225. The summed E-state index contributed by atoms with van der Waals surface area (Å²) in [5.41, 5.74) is 10.9. The summed E-state index contributed by atoms with van der Waals surface area (Å²) in [6, 6.07) is 2.24. The highest BCUT2D eigenvalue weighted by atomic mass is 16.1. The molecule has 1 aromatic rings. The molecule has 1 unspecified atom stereocenters. The van der Waals surface area contributed by atoms with Gasteiger partial charge in [0.15, 0.2) is 0 Å². The average Bonchev–Trinajstić information content (AvgIpc) is 2.76. The lowest BCUT2D eigenvalue weighted by Gasteiger charge is -2.33. The molecule has 6 nitrogen and oxygen atoms in total. The minimum absolute atomic E-state index is 0.0816. The topological polar surface area (TPSA) is 90.2 Å². The van der Waals surface area contributed by atoms with E-state index in [4.69, 9.17) is 11.5 Å². The molecule has 4 N–H and O–H groups in total. The second-order valence-corrected chi connectivity index (χ2v) is 5.06. The van der Waals surface area contributed by atoms with Gasteiger partial charge >= 0.3 is 0 Å². The van der Waals surface area contributed by atoms with E-state index >= 15 is 0 Å². The van der Waals surface area contributed by atoms with E-state index in [0.29, 0.717) is 11.9 Å². The van der Waals surface area contributed by atoms with Crippen LogP contribution >= 0.6 is 0 Å². The predicted molar refractivity (Wildman–Crippen MR) is 69.7 cm³/mol. The van der Waals surface area contributed by atoms with Crippen molar-refractivity contribution in [3.8, 4) is 0 Å². The smallest absolute Gasteiger partial charge is 0.221 e. The Morgan fingerprint density at radius 2 is 2.22 bits per heavy atom. The molecule has 18 heavy (non-hydrogen) atoms. The monoisotopic (exact) mass is 251 g/mol. The molecule has 1 atom stereocenters. The number of likely N-dealkylation sites (tertiary alicyclic amines) is 1. The molecule has 1 amide bonds. The van der Waals surface area contributed by atoms with Gasteiger partial charge in [-0.25, -0.2) is 0 Å². The highest BCUT2D eigenvalue weighted by Crippen LogP contribution is 2.22. The first-order valence-electron chi connectivity index (χ1n) is 6.38. The van der Waals surface area contributed by atoms with E-state index in [1.807, 2.05) is 23.9 Å². The number of amides is 1. The van der Waals surface area contributed by atoms with Crippen LogP contribution in [0.1, 0.15) is 25.8 Å². The van der Waals surface area contributed by atoms with E-state index in [2.05, 4.69) is 10.00 Å². The van der Waals surface area contributed by atoms with Crippen molar-refractivity contribution in [2.24, 2.45) is 11.7 Å². The molecular formula is C12H21N5O. The van der Waals surface area contributed by atoms with Gasteiger partial charge in [-0.3, -0.25) is 9.48 Å². The molecule has 0 saturated carbocycles. The van der Waals surface area contributed by atoms with Crippen molar-refractivity contribution in [1.82, 2.24) is 14.7 Å². The van der Waals surface area contributed by atoms with Crippen molar-refractivity contribution in [3.05, 3.63) is 12.3 Å². The van der Waals surface area contributed by atoms with Crippen molar-refractivity contribution in [2.75, 3.05) is 25.4 Å². The van der Waals surface area contributed by atoms with Crippen LogP contribution in [0.5, 0.6) is 0 Å². The number of carbonyl (C=O) groups is 1. The number of rotatable bonds is 4. The van der Waals surface area contributed by atoms with Gasteiger partial charge in [0.2, 0.25) is 5.91 Å². The number of carbonyl (C=O) groups excluding carboxylic acids is 1. The summed E-state index contributed by atoms with van der Waals surface area (Å²) in [7, 11) is 0. The SMILES string of the molecule is CC(CN1CCC(n2ccc(N)n2)CC1)C(N)=O. The van der Waals surface area contributed by atoms with Crippen molar-refractivity contribution in [1.29, 1.82) is 0 Å². The molecule has 0 bridgehead atoms. The van der Waals surface area contributed by atoms with Crippen LogP contribution in [0, 0.1) is 5.92 Å². The van der Waals surface area contributed by atoms with Crippen molar-refractivity contribution >= 4 is 11.7 Å². The summed E-state index contributed by atoms with van der Waals surface area (Å²) in [4.78, 5) is 13.3. The fourth-order valence-corrected chi connectivity index (χ4v) is 2.40. The van der Waals surface area contributed by atoms with Crippen LogP contribution < -0.4 is 11.5 Å². The number of aromatic nitrogens is 2. The Bertz CT molecular complexity index is 408. The van der Waals surface area contributed by atoms with Crippen LogP contribution in [0.4, 0.5) is 5.82 Å². The predicted octanol–water partition coefficient (Wildman–Crippen LogP) is 0.224. The van der Waals surface area contributed by atoms with Gasteiger partial charge in [0.05, 0.1) is 6.04 Å². The highest BCUT2D eigenvalue weighted by Gasteiger charge is 2.23. The molecule has 0 spiro atoms. The quantitative estimate of drug-likeness (QED) is 0.801. The van der Waals surface area contributed by atoms with Gasteiger partial charge in [-0.05, 0) is 18.9 Å². The summed E-state index contributed by atoms with van der Waals surface area (Å²) in [5.74, 6) is 0.263. The zero-order chi connectivity index (χ0) is 13.1. The number of hydrogen-bond donors (Lipinski definition) is 2. The average molecular weight is 251 g/mol. The van der Waals surface area contributed by atoms with E-state index in [-0.39, 0.29) is 11.8 Å². The third-order valence-electron chi connectivity index (χ3n) is 3.58. The van der Waals surface area contributed by atoms with Crippen LogP contribution in [0.15, 0.2) is 12.3 Å². The van der Waals surface area contributed by atoms with Crippen molar-refractivity contribution in [3.63, 3.8) is 0 Å². The fraction of sp³-hybridized carbons (Fsp3) is 0.667. The van der Waals surface area contributed by atoms with Crippen molar-refractivity contribution < 1.29 is 4.79 Å². The Morgan fingerprint density at radius 3 is 2.72 bits per heavy atom. The molecule has 2 rings (SSSR count). The maximum absolute atomic E-state index is 11.0. The van der Waals surface area contributed by atoms with Gasteiger partial charge in [-0.15, -0.1) is 0 Å². The molecule has 0 radical (unpaired) electrons. The van der Waals surface area contributed by atoms with E-state index in [9.17, 15) is 4.79 Å². The van der Waals surface area contributed by atoms with E-state index in [0.717, 1.165) is 32.5 Å². The molecule has 6 heteroatoms. The first-order valence-corrected chi connectivity index (χ1v) is 6.38. The number of nitrogens with zero attached hydrogens (tertiary/aromatic N) is 3. The number of primary amides is 1. The Hall–Kier alpha value is -1.56. The summed E-state index contributed by atoms with van der Waals surface area (Å²) >= 11 is 0. The molecule has 1 saturated heterocycles. The molecule has 0 aromatic carbocycles. The zero-order valence-corrected chi connectivity index (χ0v) is 10.7. The number of nitrogens with two attached hydrogens (primary N) is 2. The van der Waals surface area contributed by atoms with Gasteiger partial charge in [-0.1, -0.05) is 6.92 Å². The van der Waals surface area contributed by atoms with Gasteiger partial charge in [0.1, 0.15) is 5.82 Å². The molecule has 1 aliphatic rings. The lowest BCUT2D eigenvalue weighted by molar-refractivity contribution is -0.121. The maximum atomic E-state index is 11.0. The molecule has 2 heterocycles. The number of piperidine rings is 1. The second-order valence-electron chi connectivity index (χ2n) is 5.06. The van der Waals surface area contributed by atoms with Gasteiger partial charge in [0, 0.05) is 31.7 Å². The molecular weight excluding hydrogens is 230 g/mol. The first-order chi connectivity index (χ1) is 8.56. The summed E-state index contributed by atoms with van der Waals surface area (Å²) in [6.07, 6.45) is 4.00. The molecule has 1 fully saturated rings. The second kappa shape index (κ2) is 5.39. The van der Waals surface area contributed by atoms with Crippen LogP contribution in [-0.4, -0.2) is 40.2 Å². The molecule has 1 aromatic heterocycles. The van der Waals surface area contributed by atoms with Crippen molar-refractivity contribution in [2.45, 2.75) is 25.8 Å². The van der Waals surface area contributed by atoms with E-state index in [1.54, 1.807) is 0 Å². The van der Waals surface area contributed by atoms with E-state index < -0.39 is 0 Å². The highest BCUT2D eigenvalue weighted by molar-refractivity contribution is 5.76. The van der Waals surface area contributed by atoms with Gasteiger partial charge < -0.3 is 16.4 Å². The van der Waals surface area contributed by atoms with E-state index in [1.165, 1.54) is 0 Å². The Balaban J connectivity index is 1.83.